The van der Waals surface area contributed by atoms with Crippen LogP contribution in [-0.4, -0.2) is 11.3 Å². The van der Waals surface area contributed by atoms with Gasteiger partial charge in [-0.05, 0) is 23.8 Å². The molecule has 1 aromatic rings. The Morgan fingerprint density at radius 2 is 1.87 bits per heavy atom. The van der Waals surface area contributed by atoms with Crippen LogP contribution < -0.4 is 5.73 Å². The van der Waals surface area contributed by atoms with Gasteiger partial charge in [0.15, 0.2) is 0 Å². The smallest absolute Gasteiger partial charge is 0.407 e. The molecular weight excluding hydrogens is 298 g/mol. The molecule has 0 aliphatic carbocycles. The summed E-state index contributed by atoms with van der Waals surface area (Å²) in [4.78, 5) is 0. The molecule has 0 unspecified atom stereocenters. The van der Waals surface area contributed by atoms with Crippen molar-refractivity contribution in [2.75, 3.05) is 0 Å². The van der Waals surface area contributed by atoms with E-state index in [1.54, 1.807) is 0 Å². The largest absolute Gasteiger partial charge is 0.508 e. The number of benzene rings is 1. The third kappa shape index (κ3) is 3.55. The van der Waals surface area contributed by atoms with E-state index in [2.05, 4.69) is 15.9 Å². The van der Waals surface area contributed by atoms with Gasteiger partial charge in [0.25, 0.3) is 0 Å². The van der Waals surface area contributed by atoms with Gasteiger partial charge in [0.2, 0.25) is 0 Å². The Labute approximate surface area is 98.8 Å². The summed E-state index contributed by atoms with van der Waals surface area (Å²) in [7, 11) is 0. The second-order valence-electron chi connectivity index (χ2n) is 2.73. The number of hydrogen-bond donors (Lipinski definition) is 2. The highest BCUT2D eigenvalue weighted by molar-refractivity contribution is 9.10. The van der Waals surface area contributed by atoms with Crippen LogP contribution in [0.3, 0.4) is 0 Å². The molecule has 7 heteroatoms. The quantitative estimate of drug-likeness (QED) is 0.837. The van der Waals surface area contributed by atoms with Crippen molar-refractivity contribution in [2.45, 2.75) is 12.2 Å². The van der Waals surface area contributed by atoms with Crippen molar-refractivity contribution in [1.29, 1.82) is 0 Å². The Morgan fingerprint density at radius 1 is 1.33 bits per heavy atom. The maximum Gasteiger partial charge on any atom is 0.407 e. The molecule has 0 aliphatic heterocycles. The lowest BCUT2D eigenvalue weighted by Crippen LogP contribution is -2.28. The lowest BCUT2D eigenvalue weighted by Gasteiger charge is -2.17. The van der Waals surface area contributed by atoms with Crippen LogP contribution in [0.4, 0.5) is 13.2 Å². The van der Waals surface area contributed by atoms with Gasteiger partial charge in [-0.15, -0.1) is 12.4 Å². The van der Waals surface area contributed by atoms with Gasteiger partial charge in [-0.25, -0.2) is 0 Å². The first-order chi connectivity index (χ1) is 6.32. The molecule has 1 rings (SSSR count). The molecule has 0 spiro atoms. The van der Waals surface area contributed by atoms with Crippen LogP contribution in [0.1, 0.15) is 11.6 Å². The number of alkyl halides is 3. The van der Waals surface area contributed by atoms with Crippen LogP contribution in [0, 0.1) is 0 Å². The molecule has 15 heavy (non-hydrogen) atoms. The molecule has 0 aromatic heterocycles. The molecular formula is C8H8BrClF3NO. The summed E-state index contributed by atoms with van der Waals surface area (Å²) < 4.78 is 36.9. The van der Waals surface area contributed by atoms with E-state index in [9.17, 15) is 13.2 Å². The summed E-state index contributed by atoms with van der Waals surface area (Å²) in [5.74, 6) is -0.247. The van der Waals surface area contributed by atoms with E-state index < -0.39 is 12.2 Å². The molecule has 2 nitrogen and oxygen atoms in total. The van der Waals surface area contributed by atoms with Crippen molar-refractivity contribution < 1.29 is 18.3 Å². The molecule has 0 fully saturated rings. The van der Waals surface area contributed by atoms with Crippen molar-refractivity contribution in [3.63, 3.8) is 0 Å². The fraction of sp³-hybridized carbons (Fsp3) is 0.250. The molecule has 0 bridgehead atoms. The second-order valence-corrected chi connectivity index (χ2v) is 3.58. The Bertz CT molecular complexity index is 345. The van der Waals surface area contributed by atoms with Crippen molar-refractivity contribution in [1.82, 2.24) is 0 Å². The average Bonchev–Trinajstić information content (AvgIpc) is 2.06. The van der Waals surface area contributed by atoms with Crippen LogP contribution >= 0.6 is 28.3 Å². The van der Waals surface area contributed by atoms with Crippen molar-refractivity contribution in [2.24, 2.45) is 5.73 Å². The van der Waals surface area contributed by atoms with Crippen LogP contribution in [0.25, 0.3) is 0 Å². The summed E-state index contributed by atoms with van der Waals surface area (Å²) in [6.45, 7) is 0. The number of nitrogens with two attached hydrogens (primary N) is 1. The van der Waals surface area contributed by atoms with E-state index in [1.807, 2.05) is 0 Å². The molecule has 1 atom stereocenters. The van der Waals surface area contributed by atoms with E-state index in [4.69, 9.17) is 10.8 Å². The number of phenols is 1. The van der Waals surface area contributed by atoms with Gasteiger partial charge < -0.3 is 10.8 Å². The zero-order valence-corrected chi connectivity index (χ0v) is 9.66. The molecule has 0 heterocycles. The highest BCUT2D eigenvalue weighted by atomic mass is 79.9. The molecule has 86 valence electrons. The first kappa shape index (κ1) is 14.5. The minimum Gasteiger partial charge on any atom is -0.508 e. The Balaban J connectivity index is 0.00000196. The minimum absolute atomic E-state index is 0. The lowest BCUT2D eigenvalue weighted by atomic mass is 10.1. The monoisotopic (exact) mass is 305 g/mol. The van der Waals surface area contributed by atoms with Gasteiger partial charge in [0.1, 0.15) is 11.8 Å². The summed E-state index contributed by atoms with van der Waals surface area (Å²) in [6, 6.07) is 1.49. The third-order valence-electron chi connectivity index (χ3n) is 1.67. The molecule has 0 amide bonds. The molecule has 3 N–H and O–H groups in total. The summed E-state index contributed by atoms with van der Waals surface area (Å²) >= 11 is 2.93. The predicted octanol–water partition coefficient (Wildman–Crippen LogP) is 3.14. The second kappa shape index (κ2) is 5.05. The molecule has 0 aliphatic rings. The highest BCUT2D eigenvalue weighted by Gasteiger charge is 2.38. The van der Waals surface area contributed by atoms with Gasteiger partial charge in [-0.3, -0.25) is 0 Å². The fourth-order valence-electron chi connectivity index (χ4n) is 0.946. The first-order valence-corrected chi connectivity index (χ1v) is 4.42. The maximum atomic E-state index is 12.2. The summed E-state index contributed by atoms with van der Waals surface area (Å²) in [6.07, 6.45) is -4.52. The maximum absolute atomic E-state index is 12.2. The zero-order chi connectivity index (χ0) is 10.9. The standard InChI is InChI=1S/C8H7BrF3NO.ClH/c9-6-2-1-4(14)3-5(6)7(13)8(10,11)12;/h1-3,7,14H,13H2;1H/t7-;/m1./s1. The predicted molar refractivity (Wildman–Crippen MR) is 56.0 cm³/mol. The minimum atomic E-state index is -4.52. The van der Waals surface area contributed by atoms with Crippen LogP contribution in [-0.2, 0) is 0 Å². The third-order valence-corrected chi connectivity index (χ3v) is 2.39. The van der Waals surface area contributed by atoms with Gasteiger partial charge in [-0.2, -0.15) is 13.2 Å². The zero-order valence-electron chi connectivity index (χ0n) is 7.25. The van der Waals surface area contributed by atoms with Crippen molar-refractivity contribution >= 4 is 28.3 Å². The van der Waals surface area contributed by atoms with E-state index >= 15 is 0 Å². The number of halogens is 5. The summed E-state index contributed by atoms with van der Waals surface area (Å²) in [5, 5.41) is 9.01. The number of phenolic OH excluding ortho intramolecular Hbond substituents is 1. The highest BCUT2D eigenvalue weighted by Crippen LogP contribution is 2.35. The van der Waals surface area contributed by atoms with Gasteiger partial charge in [0.05, 0.1) is 0 Å². The topological polar surface area (TPSA) is 46.2 Å². The number of aromatic hydroxyl groups is 1. The van der Waals surface area contributed by atoms with E-state index in [-0.39, 0.29) is 28.2 Å². The molecule has 1 aromatic carbocycles. The van der Waals surface area contributed by atoms with Crippen LogP contribution in [0.5, 0.6) is 5.75 Å². The normalized spacial score (nSPS) is 13.1. The molecule has 0 saturated carbocycles. The van der Waals surface area contributed by atoms with Gasteiger partial charge >= 0.3 is 6.18 Å². The molecule has 0 saturated heterocycles. The Kier molecular flexibility index (Phi) is 4.89. The van der Waals surface area contributed by atoms with Crippen molar-refractivity contribution in [3.05, 3.63) is 28.2 Å². The Morgan fingerprint density at radius 3 is 2.33 bits per heavy atom. The average molecular weight is 307 g/mol. The molecule has 0 radical (unpaired) electrons. The SMILES string of the molecule is Cl.N[C@H](c1cc(O)ccc1Br)C(F)(F)F. The fourth-order valence-corrected chi connectivity index (χ4v) is 1.44. The van der Waals surface area contributed by atoms with Crippen LogP contribution in [0.15, 0.2) is 22.7 Å². The van der Waals surface area contributed by atoms with E-state index in [0.717, 1.165) is 6.07 Å². The van der Waals surface area contributed by atoms with Gasteiger partial charge in [-0.1, -0.05) is 15.9 Å². The number of hydrogen-bond acceptors (Lipinski definition) is 2. The van der Waals surface area contributed by atoms with Crippen molar-refractivity contribution in [3.8, 4) is 5.75 Å². The van der Waals surface area contributed by atoms with Gasteiger partial charge in [0, 0.05) is 4.47 Å². The van der Waals surface area contributed by atoms with Crippen LogP contribution in [0.2, 0.25) is 0 Å². The number of rotatable bonds is 1. The first-order valence-electron chi connectivity index (χ1n) is 3.63. The lowest BCUT2D eigenvalue weighted by molar-refractivity contribution is -0.149. The van der Waals surface area contributed by atoms with E-state index in [0.29, 0.717) is 0 Å². The summed E-state index contributed by atoms with van der Waals surface area (Å²) in [5.41, 5.74) is 4.79. The Hall–Kier alpha value is -0.460. The van der Waals surface area contributed by atoms with E-state index in [1.165, 1.54) is 12.1 Å².